The number of alkyl halides is 3. The van der Waals surface area contributed by atoms with E-state index in [2.05, 4.69) is 0 Å². The number of hydrogen-bond acceptors (Lipinski definition) is 2. The molecule has 0 amide bonds. The molecule has 0 radical (unpaired) electrons. The molecule has 27 heavy (non-hydrogen) atoms. The van der Waals surface area contributed by atoms with Crippen molar-refractivity contribution in [2.24, 2.45) is 0 Å². The number of ether oxygens (including phenoxy) is 1. The van der Waals surface area contributed by atoms with Crippen LogP contribution in [-0.4, -0.2) is 11.1 Å². The predicted octanol–water partition coefficient (Wildman–Crippen LogP) is 5.65. The van der Waals surface area contributed by atoms with E-state index in [1.165, 1.54) is 24.3 Å². The zero-order valence-corrected chi connectivity index (χ0v) is 14.0. The van der Waals surface area contributed by atoms with E-state index in [1.807, 2.05) is 30.3 Å². The van der Waals surface area contributed by atoms with E-state index in [0.717, 1.165) is 17.7 Å². The second-order valence-electron chi connectivity index (χ2n) is 5.87. The van der Waals surface area contributed by atoms with Crippen molar-refractivity contribution < 1.29 is 27.8 Å². The molecule has 0 aliphatic heterocycles. The van der Waals surface area contributed by atoms with Crippen LogP contribution < -0.4 is 4.74 Å². The van der Waals surface area contributed by atoms with Gasteiger partial charge in [-0.15, -0.1) is 0 Å². The molecule has 0 atom stereocenters. The van der Waals surface area contributed by atoms with E-state index in [1.54, 1.807) is 6.07 Å². The van der Waals surface area contributed by atoms with Gasteiger partial charge in [0.2, 0.25) is 0 Å². The first-order valence-electron chi connectivity index (χ1n) is 8.06. The van der Waals surface area contributed by atoms with Gasteiger partial charge in [0, 0.05) is 0 Å². The lowest BCUT2D eigenvalue weighted by Crippen LogP contribution is -2.05. The number of carbonyl (C=O) groups is 1. The molecule has 3 rings (SSSR count). The fourth-order valence-electron chi connectivity index (χ4n) is 2.59. The average Bonchev–Trinajstić information content (AvgIpc) is 2.66. The molecule has 3 aromatic carbocycles. The van der Waals surface area contributed by atoms with E-state index >= 15 is 0 Å². The Kier molecular flexibility index (Phi) is 5.16. The van der Waals surface area contributed by atoms with Gasteiger partial charge in [-0.2, -0.15) is 13.2 Å². The molecule has 0 aliphatic rings. The summed E-state index contributed by atoms with van der Waals surface area (Å²) in [6.07, 6.45) is -4.42. The molecule has 6 heteroatoms. The first-order chi connectivity index (χ1) is 12.8. The molecule has 0 spiro atoms. The van der Waals surface area contributed by atoms with E-state index < -0.39 is 17.7 Å². The third kappa shape index (κ3) is 4.47. The molecule has 0 saturated carbocycles. The van der Waals surface area contributed by atoms with Gasteiger partial charge in [-0.25, -0.2) is 4.79 Å². The molecular formula is C21H15F3O3. The number of carboxylic acid groups (broad SMARTS) is 1. The van der Waals surface area contributed by atoms with Crippen molar-refractivity contribution >= 4 is 5.97 Å². The summed E-state index contributed by atoms with van der Waals surface area (Å²) >= 11 is 0. The second-order valence-corrected chi connectivity index (χ2v) is 5.87. The lowest BCUT2D eigenvalue weighted by Gasteiger charge is -2.12. The van der Waals surface area contributed by atoms with Crippen LogP contribution in [0.3, 0.4) is 0 Å². The number of rotatable bonds is 5. The molecular weight excluding hydrogens is 357 g/mol. The summed E-state index contributed by atoms with van der Waals surface area (Å²) in [6.45, 7) is 0.209. The highest BCUT2D eigenvalue weighted by Crippen LogP contribution is 2.32. The van der Waals surface area contributed by atoms with Crippen LogP contribution in [-0.2, 0) is 12.8 Å². The van der Waals surface area contributed by atoms with E-state index in [9.17, 15) is 23.1 Å². The standard InChI is InChI=1S/C21H15F3O3/c22-21(23,24)17-9-6-15(7-10-17)16-8-11-19(18(12-16)20(25)26)27-13-14-4-2-1-3-5-14/h1-12H,13H2,(H,25,26). The van der Waals surface area contributed by atoms with Crippen molar-refractivity contribution in [3.8, 4) is 16.9 Å². The van der Waals surface area contributed by atoms with Gasteiger partial charge in [-0.1, -0.05) is 48.5 Å². The Bertz CT molecular complexity index is 933. The van der Waals surface area contributed by atoms with E-state index in [-0.39, 0.29) is 17.9 Å². The van der Waals surface area contributed by atoms with Gasteiger partial charge in [-0.05, 0) is 41.0 Å². The highest BCUT2D eigenvalue weighted by atomic mass is 19.4. The quantitative estimate of drug-likeness (QED) is 0.630. The van der Waals surface area contributed by atoms with Crippen molar-refractivity contribution in [2.75, 3.05) is 0 Å². The fraction of sp³-hybridized carbons (Fsp3) is 0.0952. The number of benzene rings is 3. The lowest BCUT2D eigenvalue weighted by molar-refractivity contribution is -0.137. The number of halogens is 3. The molecule has 0 aromatic heterocycles. The molecule has 3 aromatic rings. The molecule has 138 valence electrons. The smallest absolute Gasteiger partial charge is 0.416 e. The topological polar surface area (TPSA) is 46.5 Å². The van der Waals surface area contributed by atoms with Crippen LogP contribution in [0.4, 0.5) is 13.2 Å². The highest BCUT2D eigenvalue weighted by Gasteiger charge is 2.30. The number of hydrogen-bond donors (Lipinski definition) is 1. The van der Waals surface area contributed by atoms with Crippen molar-refractivity contribution in [1.29, 1.82) is 0 Å². The Morgan fingerprint density at radius 1 is 0.889 bits per heavy atom. The normalized spacial score (nSPS) is 11.2. The SMILES string of the molecule is O=C(O)c1cc(-c2ccc(C(F)(F)F)cc2)ccc1OCc1ccccc1. The van der Waals surface area contributed by atoms with Crippen molar-refractivity contribution in [3.63, 3.8) is 0 Å². The van der Waals surface area contributed by atoms with Crippen LogP contribution in [0.5, 0.6) is 5.75 Å². The maximum absolute atomic E-state index is 12.7. The summed E-state index contributed by atoms with van der Waals surface area (Å²) in [7, 11) is 0. The van der Waals surface area contributed by atoms with Gasteiger partial charge in [0.15, 0.2) is 0 Å². The van der Waals surface area contributed by atoms with Gasteiger partial charge < -0.3 is 9.84 Å². The minimum absolute atomic E-state index is 0.0525. The average molecular weight is 372 g/mol. The van der Waals surface area contributed by atoms with E-state index in [0.29, 0.717) is 11.1 Å². The third-order valence-electron chi connectivity index (χ3n) is 3.99. The zero-order chi connectivity index (χ0) is 19.4. The molecule has 3 nitrogen and oxygen atoms in total. The van der Waals surface area contributed by atoms with Crippen molar-refractivity contribution in [3.05, 3.63) is 89.5 Å². The maximum Gasteiger partial charge on any atom is 0.416 e. The second kappa shape index (κ2) is 7.53. The molecule has 0 saturated heterocycles. The van der Waals surface area contributed by atoms with Gasteiger partial charge >= 0.3 is 12.1 Å². The van der Waals surface area contributed by atoms with Crippen molar-refractivity contribution in [1.82, 2.24) is 0 Å². The third-order valence-corrected chi connectivity index (χ3v) is 3.99. The summed E-state index contributed by atoms with van der Waals surface area (Å²) < 4.78 is 43.6. The van der Waals surface area contributed by atoms with E-state index in [4.69, 9.17) is 4.74 Å². The van der Waals surface area contributed by atoms with Gasteiger partial charge in [0.1, 0.15) is 17.9 Å². The Hall–Kier alpha value is -3.28. The van der Waals surface area contributed by atoms with Crippen LogP contribution in [0.2, 0.25) is 0 Å². The highest BCUT2D eigenvalue weighted by molar-refractivity contribution is 5.92. The largest absolute Gasteiger partial charge is 0.488 e. The Labute approximate surface area is 153 Å². The fourth-order valence-corrected chi connectivity index (χ4v) is 2.59. The van der Waals surface area contributed by atoms with Gasteiger partial charge in [0.25, 0.3) is 0 Å². The summed E-state index contributed by atoms with van der Waals surface area (Å²) in [5, 5.41) is 9.46. The summed E-state index contributed by atoms with van der Waals surface area (Å²) in [5.41, 5.74) is 1.06. The molecule has 0 heterocycles. The van der Waals surface area contributed by atoms with Crippen LogP contribution in [0, 0.1) is 0 Å². The molecule has 1 N–H and O–H groups in total. The summed E-state index contributed by atoms with van der Waals surface area (Å²) in [5.74, 6) is -0.978. The number of aromatic carboxylic acids is 1. The first kappa shape index (κ1) is 18.5. The molecule has 0 aliphatic carbocycles. The zero-order valence-electron chi connectivity index (χ0n) is 14.0. The van der Waals surface area contributed by atoms with Crippen LogP contribution in [0.15, 0.2) is 72.8 Å². The maximum atomic E-state index is 12.7. The van der Waals surface area contributed by atoms with Crippen LogP contribution in [0.25, 0.3) is 11.1 Å². The predicted molar refractivity (Wildman–Crippen MR) is 94.6 cm³/mol. The van der Waals surface area contributed by atoms with Gasteiger partial charge in [-0.3, -0.25) is 0 Å². The molecule has 0 fully saturated rings. The first-order valence-corrected chi connectivity index (χ1v) is 8.06. The molecule has 0 bridgehead atoms. The van der Waals surface area contributed by atoms with Crippen molar-refractivity contribution in [2.45, 2.75) is 12.8 Å². The minimum Gasteiger partial charge on any atom is -0.488 e. The summed E-state index contributed by atoms with van der Waals surface area (Å²) in [6, 6.07) is 18.4. The van der Waals surface area contributed by atoms with Crippen LogP contribution in [0.1, 0.15) is 21.5 Å². The Morgan fingerprint density at radius 2 is 1.52 bits per heavy atom. The Balaban J connectivity index is 1.86. The van der Waals surface area contributed by atoms with Gasteiger partial charge in [0.05, 0.1) is 5.56 Å². The lowest BCUT2D eigenvalue weighted by atomic mass is 10.0. The monoisotopic (exact) mass is 372 g/mol. The Morgan fingerprint density at radius 3 is 2.11 bits per heavy atom. The molecule has 0 unspecified atom stereocenters. The number of carboxylic acids is 1. The summed E-state index contributed by atoms with van der Waals surface area (Å²) in [4.78, 5) is 11.6. The van der Waals surface area contributed by atoms with Crippen LogP contribution >= 0.6 is 0 Å². The minimum atomic E-state index is -4.42.